The lowest BCUT2D eigenvalue weighted by atomic mass is 9.49. The third kappa shape index (κ3) is 4.61. The molecule has 0 spiro atoms. The number of hydrogen-bond donors (Lipinski definition) is 2. The zero-order valence-electron chi connectivity index (χ0n) is 23.8. The maximum absolute atomic E-state index is 13.5. The largest absolute Gasteiger partial charge is 0.321 e. The van der Waals surface area contributed by atoms with Gasteiger partial charge >= 0.3 is 6.03 Å². The van der Waals surface area contributed by atoms with Gasteiger partial charge in [-0.05, 0) is 87.0 Å². The highest BCUT2D eigenvalue weighted by Gasteiger charge is 2.54. The lowest BCUT2D eigenvalue weighted by molar-refractivity contribution is -0.0102. The van der Waals surface area contributed by atoms with Gasteiger partial charge in [0.05, 0.1) is 16.4 Å². The van der Waals surface area contributed by atoms with Crippen molar-refractivity contribution in [2.45, 2.75) is 63.5 Å². The molecule has 9 rings (SSSR count). The SMILES string of the molecule is CCc1cc2c(s1)-n1c(nnc1C13CC4CC(CC(C4)C1)C3)C(NC(=O)Nc1ccccc1Cl)N=C2c1ccccc1Cl. The number of rotatable bonds is 5. The molecule has 0 radical (unpaired) electrons. The molecule has 5 aliphatic rings. The minimum Gasteiger partial charge on any atom is -0.309 e. The monoisotopic (exact) mass is 630 g/mol. The van der Waals surface area contributed by atoms with Crippen molar-refractivity contribution in [3.8, 4) is 5.00 Å². The first-order chi connectivity index (χ1) is 20.9. The molecule has 220 valence electrons. The van der Waals surface area contributed by atoms with Gasteiger partial charge < -0.3 is 10.6 Å². The van der Waals surface area contributed by atoms with Gasteiger partial charge in [0.25, 0.3) is 0 Å². The molecule has 3 heterocycles. The predicted octanol–water partition coefficient (Wildman–Crippen LogP) is 8.34. The van der Waals surface area contributed by atoms with Crippen LogP contribution in [0.3, 0.4) is 0 Å². The number of hydrogen-bond acceptors (Lipinski definition) is 5. The Morgan fingerprint density at radius 2 is 1.63 bits per heavy atom. The Morgan fingerprint density at radius 1 is 0.953 bits per heavy atom. The number of aryl methyl sites for hydroxylation is 1. The van der Waals surface area contributed by atoms with Crippen LogP contribution in [0.15, 0.2) is 59.6 Å². The molecule has 1 aliphatic heterocycles. The van der Waals surface area contributed by atoms with Crippen molar-refractivity contribution in [2.24, 2.45) is 22.7 Å². The maximum atomic E-state index is 13.5. The molecule has 2 aromatic carbocycles. The van der Waals surface area contributed by atoms with Crippen LogP contribution in [-0.2, 0) is 11.8 Å². The summed E-state index contributed by atoms with van der Waals surface area (Å²) in [6.07, 6.45) is 7.60. The number of halogens is 2. The highest BCUT2D eigenvalue weighted by molar-refractivity contribution is 7.15. The Kier molecular flexibility index (Phi) is 6.65. The van der Waals surface area contributed by atoms with E-state index in [1.54, 1.807) is 23.5 Å². The van der Waals surface area contributed by atoms with Crippen molar-refractivity contribution in [3.63, 3.8) is 0 Å². The van der Waals surface area contributed by atoms with E-state index < -0.39 is 12.2 Å². The Bertz CT molecular complexity index is 1740. The third-order valence-electron chi connectivity index (χ3n) is 9.79. The Hall–Kier alpha value is -3.20. The number of nitrogens with one attached hydrogen (secondary N) is 2. The van der Waals surface area contributed by atoms with Crippen LogP contribution in [0.5, 0.6) is 0 Å². The molecule has 7 nitrogen and oxygen atoms in total. The maximum Gasteiger partial charge on any atom is 0.321 e. The van der Waals surface area contributed by atoms with Crippen molar-refractivity contribution in [2.75, 3.05) is 5.32 Å². The van der Waals surface area contributed by atoms with Gasteiger partial charge in [-0.2, -0.15) is 0 Å². The first-order valence-corrected chi connectivity index (χ1v) is 16.7. The van der Waals surface area contributed by atoms with E-state index in [0.29, 0.717) is 21.6 Å². The average molecular weight is 632 g/mol. The van der Waals surface area contributed by atoms with Gasteiger partial charge in [-0.25, -0.2) is 4.79 Å². The van der Waals surface area contributed by atoms with E-state index in [1.807, 2.05) is 36.4 Å². The number of carbonyl (C=O) groups is 1. The fourth-order valence-corrected chi connectivity index (χ4v) is 9.92. The molecule has 2 N–H and O–H groups in total. The van der Waals surface area contributed by atoms with Crippen molar-refractivity contribution < 1.29 is 4.79 Å². The summed E-state index contributed by atoms with van der Waals surface area (Å²) in [6, 6.07) is 16.7. The second kappa shape index (κ2) is 10.5. The van der Waals surface area contributed by atoms with Gasteiger partial charge in [0, 0.05) is 26.4 Å². The fourth-order valence-electron chi connectivity index (χ4n) is 8.41. The molecule has 10 heteroatoms. The molecule has 2 amide bonds. The summed E-state index contributed by atoms with van der Waals surface area (Å²) in [5.74, 6) is 3.91. The Morgan fingerprint density at radius 3 is 2.30 bits per heavy atom. The molecular formula is C33H32Cl2N6OS. The number of benzene rings is 2. The number of urea groups is 1. The lowest BCUT2D eigenvalue weighted by Gasteiger charge is -2.56. The van der Waals surface area contributed by atoms with Crippen molar-refractivity contribution in [1.29, 1.82) is 0 Å². The number of thiophene rings is 1. The summed E-state index contributed by atoms with van der Waals surface area (Å²) in [5, 5.41) is 17.9. The number of carbonyl (C=O) groups excluding carboxylic acids is 1. The number of fused-ring (bicyclic) bond motifs is 3. The molecule has 4 aliphatic carbocycles. The number of para-hydroxylation sites is 1. The van der Waals surface area contributed by atoms with Crippen LogP contribution in [0.2, 0.25) is 10.0 Å². The van der Waals surface area contributed by atoms with Gasteiger partial charge in [0.1, 0.15) is 10.8 Å². The van der Waals surface area contributed by atoms with Crippen LogP contribution in [0.1, 0.15) is 79.3 Å². The van der Waals surface area contributed by atoms with E-state index in [0.717, 1.165) is 71.1 Å². The van der Waals surface area contributed by atoms with Crippen molar-refractivity contribution in [1.82, 2.24) is 20.1 Å². The summed E-state index contributed by atoms with van der Waals surface area (Å²) >= 11 is 14.9. The first kappa shape index (κ1) is 27.4. The van der Waals surface area contributed by atoms with Crippen molar-refractivity contribution in [3.05, 3.63) is 92.3 Å². The molecule has 4 aromatic rings. The Balaban J connectivity index is 1.29. The third-order valence-corrected chi connectivity index (χ3v) is 11.7. The van der Waals surface area contributed by atoms with E-state index in [9.17, 15) is 4.79 Å². The Labute approximate surface area is 264 Å². The molecule has 2 aromatic heterocycles. The van der Waals surface area contributed by atoms with Gasteiger partial charge in [-0.3, -0.25) is 9.56 Å². The van der Waals surface area contributed by atoms with Gasteiger partial charge in [0.15, 0.2) is 12.0 Å². The topological polar surface area (TPSA) is 84.2 Å². The van der Waals surface area contributed by atoms with E-state index >= 15 is 0 Å². The van der Waals surface area contributed by atoms with Crippen LogP contribution in [0.25, 0.3) is 5.00 Å². The smallest absolute Gasteiger partial charge is 0.309 e. The van der Waals surface area contributed by atoms with E-state index in [1.165, 1.54) is 24.1 Å². The zero-order valence-corrected chi connectivity index (χ0v) is 26.1. The number of aliphatic imine (C=N–C) groups is 1. The molecule has 4 bridgehead atoms. The van der Waals surface area contributed by atoms with Crippen LogP contribution >= 0.6 is 34.5 Å². The van der Waals surface area contributed by atoms with Crippen LogP contribution < -0.4 is 10.6 Å². The minimum atomic E-state index is -0.798. The molecule has 1 atom stereocenters. The standard InChI is InChI=1S/C33H32Cl2N6OS/c1-2-21-14-23-27(22-7-3-4-8-24(22)34)37-28(38-32(42)36-26-10-6-5-9-25(26)35)29-39-40-31(41(29)30(23)43-21)33-15-18-11-19(16-33)13-20(12-18)17-33/h3-10,14,18-20,28H,2,11-13,15-17H2,1H3,(H2,36,38,42). The van der Waals surface area contributed by atoms with Gasteiger partial charge in [-0.15, -0.1) is 21.5 Å². The zero-order chi connectivity index (χ0) is 29.3. The quantitative estimate of drug-likeness (QED) is 0.232. The molecule has 4 saturated carbocycles. The van der Waals surface area contributed by atoms with Crippen molar-refractivity contribution >= 4 is 52.0 Å². The second-order valence-electron chi connectivity index (χ2n) is 12.6. The second-order valence-corrected chi connectivity index (χ2v) is 14.6. The number of aromatic nitrogens is 3. The summed E-state index contributed by atoms with van der Waals surface area (Å²) in [5.41, 5.74) is 3.07. The van der Waals surface area contributed by atoms with E-state index in [2.05, 4.69) is 28.2 Å². The van der Waals surface area contributed by atoms with Crippen LogP contribution in [0, 0.1) is 17.8 Å². The highest BCUT2D eigenvalue weighted by Crippen LogP contribution is 2.61. The van der Waals surface area contributed by atoms with Crippen LogP contribution in [-0.4, -0.2) is 26.5 Å². The number of nitrogens with zero attached hydrogens (tertiary/aromatic N) is 4. The summed E-state index contributed by atoms with van der Waals surface area (Å²) < 4.78 is 2.25. The highest BCUT2D eigenvalue weighted by atomic mass is 35.5. The van der Waals surface area contributed by atoms with E-state index in [-0.39, 0.29) is 5.41 Å². The first-order valence-electron chi connectivity index (χ1n) is 15.1. The number of amides is 2. The lowest BCUT2D eigenvalue weighted by Crippen LogP contribution is -2.49. The summed E-state index contributed by atoms with van der Waals surface area (Å²) in [6.45, 7) is 2.17. The van der Waals surface area contributed by atoms with Gasteiger partial charge in [-0.1, -0.05) is 60.5 Å². The molecule has 43 heavy (non-hydrogen) atoms. The van der Waals surface area contributed by atoms with E-state index in [4.69, 9.17) is 38.4 Å². The summed E-state index contributed by atoms with van der Waals surface area (Å²) in [7, 11) is 0. The average Bonchev–Trinajstić information content (AvgIpc) is 3.59. The fraction of sp³-hybridized carbons (Fsp3) is 0.394. The van der Waals surface area contributed by atoms with Crippen LogP contribution in [0.4, 0.5) is 10.5 Å². The molecule has 1 unspecified atom stereocenters. The predicted molar refractivity (Wildman–Crippen MR) is 172 cm³/mol. The molecule has 0 saturated heterocycles. The number of anilines is 1. The molecule has 4 fully saturated rings. The normalized spacial score (nSPS) is 26.8. The summed E-state index contributed by atoms with van der Waals surface area (Å²) in [4.78, 5) is 19.9. The van der Waals surface area contributed by atoms with Gasteiger partial charge in [0.2, 0.25) is 0 Å². The molecular weight excluding hydrogens is 599 g/mol. The minimum absolute atomic E-state index is 0.00704.